The summed E-state index contributed by atoms with van der Waals surface area (Å²) in [7, 11) is 0. The standard InChI is InChI=1S/C12H17N5OS/c13-10(6-9-4-2-1-3-5-9)11(18)7-19-12-16-15-8-17(12)14/h1-5,8,10-11,18H,6-7,13-14H2. The molecular formula is C12H17N5OS. The van der Waals surface area contributed by atoms with Gasteiger partial charge in [-0.1, -0.05) is 42.1 Å². The number of nitrogens with two attached hydrogens (primary N) is 2. The summed E-state index contributed by atoms with van der Waals surface area (Å²) in [5.74, 6) is 6.02. The smallest absolute Gasteiger partial charge is 0.209 e. The van der Waals surface area contributed by atoms with E-state index in [-0.39, 0.29) is 6.04 Å². The van der Waals surface area contributed by atoms with E-state index in [1.807, 2.05) is 30.3 Å². The van der Waals surface area contributed by atoms with E-state index < -0.39 is 6.10 Å². The van der Waals surface area contributed by atoms with Gasteiger partial charge >= 0.3 is 0 Å². The number of hydrogen-bond donors (Lipinski definition) is 3. The maximum Gasteiger partial charge on any atom is 0.209 e. The number of aromatic nitrogens is 3. The van der Waals surface area contributed by atoms with Crippen molar-refractivity contribution in [3.05, 3.63) is 42.2 Å². The zero-order valence-electron chi connectivity index (χ0n) is 10.4. The average Bonchev–Trinajstić information content (AvgIpc) is 2.82. The second kappa shape index (κ2) is 6.55. The first-order chi connectivity index (χ1) is 9.16. The molecule has 0 aliphatic heterocycles. The lowest BCUT2D eigenvalue weighted by atomic mass is 10.0. The van der Waals surface area contributed by atoms with Gasteiger partial charge in [-0.2, -0.15) is 0 Å². The van der Waals surface area contributed by atoms with Gasteiger partial charge in [0.25, 0.3) is 0 Å². The van der Waals surface area contributed by atoms with Crippen LogP contribution in [0, 0.1) is 0 Å². The summed E-state index contributed by atoms with van der Waals surface area (Å²) < 4.78 is 1.32. The predicted molar refractivity (Wildman–Crippen MR) is 75.0 cm³/mol. The number of aliphatic hydroxyl groups is 1. The van der Waals surface area contributed by atoms with E-state index in [1.54, 1.807) is 0 Å². The molecule has 0 aliphatic rings. The summed E-state index contributed by atoms with van der Waals surface area (Å²) in [6.07, 6.45) is 1.43. The quantitative estimate of drug-likeness (QED) is 0.508. The van der Waals surface area contributed by atoms with E-state index in [4.69, 9.17) is 11.6 Å². The number of aliphatic hydroxyl groups excluding tert-OH is 1. The van der Waals surface area contributed by atoms with Crippen LogP contribution in [-0.2, 0) is 6.42 Å². The largest absolute Gasteiger partial charge is 0.391 e. The monoisotopic (exact) mass is 279 g/mol. The van der Waals surface area contributed by atoms with Gasteiger partial charge < -0.3 is 16.7 Å². The molecule has 5 N–H and O–H groups in total. The van der Waals surface area contributed by atoms with Crippen molar-refractivity contribution in [1.29, 1.82) is 0 Å². The zero-order chi connectivity index (χ0) is 13.7. The molecular weight excluding hydrogens is 262 g/mol. The second-order valence-corrected chi connectivity index (χ2v) is 5.24. The number of thioether (sulfide) groups is 1. The Balaban J connectivity index is 1.82. The normalized spacial score (nSPS) is 14.2. The molecule has 0 saturated carbocycles. The fraction of sp³-hybridized carbons (Fsp3) is 0.333. The topological polar surface area (TPSA) is 103 Å². The van der Waals surface area contributed by atoms with Crippen LogP contribution >= 0.6 is 11.8 Å². The minimum absolute atomic E-state index is 0.316. The Bertz CT molecular complexity index is 504. The molecule has 2 aromatic rings. The molecule has 0 aliphatic carbocycles. The van der Waals surface area contributed by atoms with Gasteiger partial charge in [-0.25, -0.2) is 4.68 Å². The molecule has 0 saturated heterocycles. The summed E-state index contributed by atoms with van der Waals surface area (Å²) in [4.78, 5) is 0. The first kappa shape index (κ1) is 13.9. The van der Waals surface area contributed by atoms with Gasteiger partial charge in [-0.3, -0.25) is 0 Å². The van der Waals surface area contributed by atoms with Crippen LogP contribution in [0.1, 0.15) is 5.56 Å². The molecule has 0 amide bonds. The lowest BCUT2D eigenvalue weighted by Gasteiger charge is -2.18. The molecule has 102 valence electrons. The fourth-order valence-corrected chi connectivity index (χ4v) is 2.51. The van der Waals surface area contributed by atoms with Crippen molar-refractivity contribution in [3.8, 4) is 0 Å². The van der Waals surface area contributed by atoms with Crippen LogP contribution in [0.2, 0.25) is 0 Å². The van der Waals surface area contributed by atoms with E-state index in [1.165, 1.54) is 22.8 Å². The number of rotatable bonds is 6. The number of nitrogens with zero attached hydrogens (tertiary/aromatic N) is 3. The maximum absolute atomic E-state index is 10.0. The molecule has 0 bridgehead atoms. The number of benzene rings is 1. The molecule has 19 heavy (non-hydrogen) atoms. The molecule has 1 aromatic carbocycles. The fourth-order valence-electron chi connectivity index (χ4n) is 1.64. The van der Waals surface area contributed by atoms with Crippen LogP contribution in [0.5, 0.6) is 0 Å². The molecule has 0 spiro atoms. The van der Waals surface area contributed by atoms with Gasteiger partial charge in [0.1, 0.15) is 6.33 Å². The molecule has 1 heterocycles. The van der Waals surface area contributed by atoms with Crippen molar-refractivity contribution in [2.75, 3.05) is 11.6 Å². The van der Waals surface area contributed by atoms with E-state index in [2.05, 4.69) is 10.2 Å². The van der Waals surface area contributed by atoms with E-state index in [9.17, 15) is 5.11 Å². The van der Waals surface area contributed by atoms with Gasteiger partial charge in [0.15, 0.2) is 0 Å². The van der Waals surface area contributed by atoms with Gasteiger partial charge in [-0.05, 0) is 12.0 Å². The molecule has 1 aromatic heterocycles. The highest BCUT2D eigenvalue weighted by Crippen LogP contribution is 2.15. The molecule has 6 nitrogen and oxygen atoms in total. The molecule has 2 atom stereocenters. The van der Waals surface area contributed by atoms with Crippen molar-refractivity contribution in [2.24, 2.45) is 5.73 Å². The third-order valence-electron chi connectivity index (χ3n) is 2.73. The van der Waals surface area contributed by atoms with E-state index in [0.29, 0.717) is 17.3 Å². The molecule has 7 heteroatoms. The Morgan fingerprint density at radius 2 is 2.05 bits per heavy atom. The van der Waals surface area contributed by atoms with Crippen molar-refractivity contribution < 1.29 is 5.11 Å². The van der Waals surface area contributed by atoms with Crippen molar-refractivity contribution in [3.63, 3.8) is 0 Å². The lowest BCUT2D eigenvalue weighted by molar-refractivity contribution is 0.167. The van der Waals surface area contributed by atoms with Gasteiger partial charge in [0, 0.05) is 11.8 Å². The second-order valence-electron chi connectivity index (χ2n) is 4.25. The first-order valence-corrected chi connectivity index (χ1v) is 6.91. The van der Waals surface area contributed by atoms with E-state index in [0.717, 1.165) is 5.56 Å². The van der Waals surface area contributed by atoms with Gasteiger partial charge in [0.05, 0.1) is 6.10 Å². The van der Waals surface area contributed by atoms with Crippen LogP contribution in [-0.4, -0.2) is 37.9 Å². The summed E-state index contributed by atoms with van der Waals surface area (Å²) in [5.41, 5.74) is 7.10. The Labute approximate surface area is 115 Å². The highest BCUT2D eigenvalue weighted by atomic mass is 32.2. The maximum atomic E-state index is 10.0. The molecule has 2 rings (SSSR count). The van der Waals surface area contributed by atoms with Crippen LogP contribution in [0.4, 0.5) is 0 Å². The van der Waals surface area contributed by atoms with E-state index >= 15 is 0 Å². The molecule has 2 unspecified atom stereocenters. The number of nitrogen functional groups attached to an aromatic ring is 1. The van der Waals surface area contributed by atoms with Crippen molar-refractivity contribution >= 4 is 11.8 Å². The van der Waals surface area contributed by atoms with Crippen LogP contribution < -0.4 is 11.6 Å². The Kier molecular flexibility index (Phi) is 4.78. The van der Waals surface area contributed by atoms with Crippen LogP contribution in [0.3, 0.4) is 0 Å². The van der Waals surface area contributed by atoms with Crippen molar-refractivity contribution in [1.82, 2.24) is 14.9 Å². The summed E-state index contributed by atoms with van der Waals surface area (Å²) in [5, 5.41) is 18.1. The third-order valence-corrected chi connectivity index (χ3v) is 3.79. The summed E-state index contributed by atoms with van der Waals surface area (Å²) in [6.45, 7) is 0. The SMILES string of the molecule is NC(Cc1ccccc1)C(O)CSc1nncn1N. The minimum Gasteiger partial charge on any atom is -0.391 e. The summed E-state index contributed by atoms with van der Waals surface area (Å²) in [6, 6.07) is 9.55. The summed E-state index contributed by atoms with van der Waals surface area (Å²) >= 11 is 1.34. The average molecular weight is 279 g/mol. The molecule has 0 radical (unpaired) electrons. The Morgan fingerprint density at radius 3 is 2.68 bits per heavy atom. The minimum atomic E-state index is -0.623. The highest BCUT2D eigenvalue weighted by molar-refractivity contribution is 7.99. The third kappa shape index (κ3) is 3.95. The highest BCUT2D eigenvalue weighted by Gasteiger charge is 2.16. The number of hydrogen-bond acceptors (Lipinski definition) is 6. The van der Waals surface area contributed by atoms with Gasteiger partial charge in [-0.15, -0.1) is 10.2 Å². The lowest BCUT2D eigenvalue weighted by Crippen LogP contribution is -2.38. The predicted octanol–water partition coefficient (Wildman–Crippen LogP) is 0.0149. The van der Waals surface area contributed by atoms with Crippen molar-refractivity contribution in [2.45, 2.75) is 23.7 Å². The first-order valence-electron chi connectivity index (χ1n) is 5.92. The van der Waals surface area contributed by atoms with Crippen LogP contribution in [0.15, 0.2) is 41.8 Å². The van der Waals surface area contributed by atoms with Crippen LogP contribution in [0.25, 0.3) is 0 Å². The molecule has 0 fully saturated rings. The van der Waals surface area contributed by atoms with Gasteiger partial charge in [0.2, 0.25) is 5.16 Å². The Morgan fingerprint density at radius 1 is 1.32 bits per heavy atom. The zero-order valence-corrected chi connectivity index (χ0v) is 11.2. The Hall–Kier alpha value is -1.57.